The van der Waals surface area contributed by atoms with Crippen LogP contribution >= 0.6 is 8.18 Å². The van der Waals surface area contributed by atoms with Crippen LogP contribution in [-0.2, 0) is 44.8 Å². The van der Waals surface area contributed by atoms with E-state index >= 15 is 4.39 Å². The number of hydrogen-bond donors (Lipinski definition) is 1. The number of aromatic nitrogens is 2. The van der Waals surface area contributed by atoms with Gasteiger partial charge < -0.3 is 24.2 Å². The maximum Gasteiger partial charge on any atom is 0.693 e. The molecule has 1 aromatic heterocycles. The Morgan fingerprint density at radius 1 is 1.17 bits per heavy atom. The number of benzene rings is 1. The van der Waals surface area contributed by atoms with Gasteiger partial charge in [-0.15, -0.1) is 0 Å². The number of carbonyl (C=O) groups excluding carboxylic acids is 2. The molecule has 1 fully saturated rings. The van der Waals surface area contributed by atoms with Crippen molar-refractivity contribution in [1.82, 2.24) is 14.0 Å². The van der Waals surface area contributed by atoms with Crippen molar-refractivity contribution in [2.75, 3.05) is 13.2 Å². The van der Waals surface area contributed by atoms with Crippen LogP contribution in [0.1, 0.15) is 54.2 Å². The molecule has 47 heavy (non-hydrogen) atoms. The normalized spacial score (nSPS) is 21.7. The topological polar surface area (TPSA) is 186 Å². The molecule has 0 amide bonds. The van der Waals surface area contributed by atoms with Crippen molar-refractivity contribution in [1.29, 1.82) is 0 Å². The largest absolute Gasteiger partial charge is 0.693 e. The number of hydroxylamine groups is 1. The van der Waals surface area contributed by atoms with Crippen LogP contribution in [0.15, 0.2) is 57.3 Å². The highest BCUT2D eigenvalue weighted by atomic mass is 31.1. The summed E-state index contributed by atoms with van der Waals surface area (Å²) in [6.45, 7) is 7.43. The van der Waals surface area contributed by atoms with Gasteiger partial charge in [-0.3, -0.25) is 23.8 Å². The predicted octanol–water partition coefficient (Wildman–Crippen LogP) is 2.61. The van der Waals surface area contributed by atoms with Crippen molar-refractivity contribution in [2.24, 2.45) is 5.16 Å². The number of carbonyl (C=O) groups is 2. The monoisotopic (exact) mass is 685 g/mol. The lowest BCUT2D eigenvalue weighted by Gasteiger charge is -2.25. The first-order chi connectivity index (χ1) is 22.1. The van der Waals surface area contributed by atoms with Crippen LogP contribution in [0.3, 0.4) is 0 Å². The van der Waals surface area contributed by atoms with Crippen molar-refractivity contribution in [3.63, 3.8) is 0 Å². The molecule has 0 spiro atoms. The zero-order valence-electron chi connectivity index (χ0n) is 26.8. The number of ether oxygens (including phenoxy) is 3. The van der Waals surface area contributed by atoms with Crippen LogP contribution in [0.5, 0.6) is 5.75 Å². The second kappa shape index (κ2) is 16.7. The minimum atomic E-state index is -2.88. The molecule has 16 nitrogen and oxygen atoms in total. The van der Waals surface area contributed by atoms with Crippen LogP contribution in [-0.4, -0.2) is 80.0 Å². The van der Waals surface area contributed by atoms with E-state index in [1.807, 2.05) is 0 Å². The molecule has 2 heterocycles. The van der Waals surface area contributed by atoms with Gasteiger partial charge in [0.1, 0.15) is 25.4 Å². The number of aliphatic hydroxyl groups excluding tert-OH is 1. The van der Waals surface area contributed by atoms with E-state index < -0.39 is 81.0 Å². The smallest absolute Gasteiger partial charge is 0.462 e. The van der Waals surface area contributed by atoms with E-state index in [0.29, 0.717) is 15.1 Å². The Labute approximate surface area is 270 Å². The summed E-state index contributed by atoms with van der Waals surface area (Å²) in [5.74, 6) is -1.39. The molecule has 6 atom stereocenters. The van der Waals surface area contributed by atoms with Gasteiger partial charge in [0.2, 0.25) is 0 Å². The fourth-order valence-corrected chi connectivity index (χ4v) is 5.10. The van der Waals surface area contributed by atoms with Crippen molar-refractivity contribution < 1.29 is 52.1 Å². The molecule has 1 unspecified atom stereocenters. The Morgan fingerprint density at radius 3 is 2.49 bits per heavy atom. The first kappa shape index (κ1) is 37.4. The zero-order valence-corrected chi connectivity index (χ0v) is 27.7. The molecule has 1 aliphatic heterocycles. The number of halogens is 1. The van der Waals surface area contributed by atoms with Gasteiger partial charge in [-0.1, -0.05) is 23.4 Å². The van der Waals surface area contributed by atoms with Gasteiger partial charge in [0.15, 0.2) is 30.4 Å². The van der Waals surface area contributed by atoms with Gasteiger partial charge in [0, 0.05) is 16.8 Å². The van der Waals surface area contributed by atoms with E-state index in [-0.39, 0.29) is 18.8 Å². The Hall–Kier alpha value is -4.02. The second-order valence-electron chi connectivity index (χ2n) is 11.1. The molecule has 1 N–H and O–H groups in total. The summed E-state index contributed by atoms with van der Waals surface area (Å²) in [5.41, 5.74) is -3.93. The summed E-state index contributed by atoms with van der Waals surface area (Å²) in [6.07, 6.45) is -4.90. The van der Waals surface area contributed by atoms with Gasteiger partial charge in [0.25, 0.3) is 5.56 Å². The Morgan fingerprint density at radius 2 is 1.85 bits per heavy atom. The lowest BCUT2D eigenvalue weighted by Crippen LogP contribution is -2.47. The number of rotatable bonds is 16. The molecular formula is C29H39FN4O12P+. The minimum absolute atomic E-state index is 0.100. The lowest BCUT2D eigenvalue weighted by atomic mass is 9.98. The van der Waals surface area contributed by atoms with E-state index in [4.69, 9.17) is 28.4 Å². The number of nitrogens with zero attached hydrogens (tertiary/aromatic N) is 4. The van der Waals surface area contributed by atoms with Crippen molar-refractivity contribution in [3.05, 3.63) is 63.4 Å². The minimum Gasteiger partial charge on any atom is -0.462 e. The Kier molecular flexibility index (Phi) is 13.3. The molecule has 0 aliphatic carbocycles. The third-order valence-corrected chi connectivity index (χ3v) is 7.70. The third-order valence-electron chi connectivity index (χ3n) is 6.55. The first-order valence-electron chi connectivity index (χ1n) is 14.6. The first-order valence-corrected chi connectivity index (χ1v) is 15.7. The molecule has 0 saturated carbocycles. The molecule has 1 aromatic carbocycles. The maximum atomic E-state index is 16.0. The Bertz CT molecular complexity index is 1540. The van der Waals surface area contributed by atoms with Gasteiger partial charge >= 0.3 is 25.8 Å². The quantitative estimate of drug-likeness (QED) is 0.0894. The van der Waals surface area contributed by atoms with Gasteiger partial charge in [0.05, 0.1) is 23.1 Å². The molecule has 0 radical (unpaired) electrons. The highest BCUT2D eigenvalue weighted by molar-refractivity contribution is 7.36. The molecule has 2 aromatic rings. The van der Waals surface area contributed by atoms with Crippen LogP contribution in [0.4, 0.5) is 4.39 Å². The lowest BCUT2D eigenvalue weighted by molar-refractivity contribution is -0.183. The summed E-state index contributed by atoms with van der Waals surface area (Å²) < 4.78 is 51.8. The highest BCUT2D eigenvalue weighted by Gasteiger charge is 2.56. The molecule has 258 valence electrons. The number of oxime groups is 1. The molecular weight excluding hydrogens is 646 g/mol. The molecule has 1 aliphatic rings. The van der Waals surface area contributed by atoms with Crippen LogP contribution < -0.4 is 15.8 Å². The average Bonchev–Trinajstić information content (AvgIpc) is 3.22. The fraction of sp³-hybridized carbons (Fsp3) is 0.552. The van der Waals surface area contributed by atoms with E-state index in [1.165, 1.54) is 19.1 Å². The molecule has 3 rings (SSSR count). The van der Waals surface area contributed by atoms with E-state index in [2.05, 4.69) is 5.16 Å². The average molecular weight is 686 g/mol. The molecule has 0 bridgehead atoms. The van der Waals surface area contributed by atoms with E-state index in [1.54, 1.807) is 45.9 Å². The van der Waals surface area contributed by atoms with Gasteiger partial charge in [-0.2, -0.15) is 0 Å². The predicted molar refractivity (Wildman–Crippen MR) is 163 cm³/mol. The number of para-hydroxylation sites is 1. The highest BCUT2D eigenvalue weighted by Crippen LogP contribution is 2.41. The third kappa shape index (κ3) is 9.98. The fourth-order valence-electron chi connectivity index (χ4n) is 4.17. The van der Waals surface area contributed by atoms with Crippen molar-refractivity contribution >= 4 is 25.8 Å². The summed E-state index contributed by atoms with van der Waals surface area (Å²) in [6, 6.07) is 7.70. The number of esters is 2. The van der Waals surface area contributed by atoms with Crippen molar-refractivity contribution in [3.8, 4) is 5.75 Å². The van der Waals surface area contributed by atoms with Gasteiger partial charge in [-0.25, -0.2) is 18.3 Å². The standard InChI is InChI=1S/C29H39FN4O12P/c1-18(2)31-42-15-13-24(36)41-17-33-23(35)12-14-32(28(33)39)27-29(6,30)25(37)22(45-27)16-43-34(20(5)26(38)44-19(3)4)47(40)46-21-10-8-7-9-11-21/h7-12,14,19-20,22,25,27,37H,13,15-17H2,1-6H3/q+1/t20-,22+,25+,27+,29+/m0/s1. The molecule has 18 heteroatoms. The van der Waals surface area contributed by atoms with Crippen LogP contribution in [0.2, 0.25) is 0 Å². The summed E-state index contributed by atoms with van der Waals surface area (Å²) in [5, 5.41) is 14.5. The van der Waals surface area contributed by atoms with Crippen LogP contribution in [0.25, 0.3) is 0 Å². The van der Waals surface area contributed by atoms with Gasteiger partial charge in [-0.05, 0) is 53.7 Å². The van der Waals surface area contributed by atoms with Crippen molar-refractivity contribution in [2.45, 2.75) is 90.9 Å². The number of alkyl halides is 1. The number of aliphatic hydroxyl groups is 1. The second-order valence-corrected chi connectivity index (χ2v) is 12.1. The SMILES string of the molecule is CC(C)=NOCCC(=O)OCn1c(=O)ccn([C@@H]2O[C@H](CON([C@@H](C)C(=O)OC(C)C)[P+](=O)Oc3ccccc3)[C@@H](O)[C@@]2(C)F)c1=O. The number of hydrogen-bond acceptors (Lipinski definition) is 13. The summed E-state index contributed by atoms with van der Waals surface area (Å²) >= 11 is 0. The van der Waals surface area contributed by atoms with E-state index in [0.717, 1.165) is 23.8 Å². The maximum absolute atomic E-state index is 16.0. The Balaban J connectivity index is 1.76. The summed E-state index contributed by atoms with van der Waals surface area (Å²) in [7, 11) is -2.88. The summed E-state index contributed by atoms with van der Waals surface area (Å²) in [4.78, 5) is 61.6. The van der Waals surface area contributed by atoms with Crippen LogP contribution in [0, 0.1) is 0 Å². The van der Waals surface area contributed by atoms with E-state index in [9.17, 15) is 28.8 Å². The zero-order chi connectivity index (χ0) is 34.9. The molecule has 1 saturated heterocycles.